The predicted molar refractivity (Wildman–Crippen MR) is 95.4 cm³/mol. The summed E-state index contributed by atoms with van der Waals surface area (Å²) in [4.78, 5) is 22.7. The molecule has 0 fully saturated rings. The van der Waals surface area contributed by atoms with Crippen LogP contribution in [0, 0.1) is 25.2 Å². The summed E-state index contributed by atoms with van der Waals surface area (Å²) in [6.07, 6.45) is 0. The van der Waals surface area contributed by atoms with Gasteiger partial charge in [-0.2, -0.15) is 10.2 Å². The van der Waals surface area contributed by atoms with Gasteiger partial charge in [0.15, 0.2) is 0 Å². The lowest BCUT2D eigenvalue weighted by Crippen LogP contribution is -2.32. The zero-order chi connectivity index (χ0) is 17.8. The molecular formula is C17H16N6OS. The Labute approximate surface area is 149 Å². The Balaban J connectivity index is 1.75. The maximum atomic E-state index is 12.5. The van der Waals surface area contributed by atoms with Gasteiger partial charge in [-0.15, -0.1) is 5.10 Å². The fourth-order valence-corrected chi connectivity index (χ4v) is 3.11. The lowest BCUT2D eigenvalue weighted by molar-refractivity contribution is -0.116. The molecule has 0 unspecified atom stereocenters. The highest BCUT2D eigenvalue weighted by Crippen LogP contribution is 2.19. The number of para-hydroxylation sites is 1. The SMILES string of the molecule is Cc1cc(C)n2nc(SCC(=O)N(CC#N)c3ccccc3)nc2n1. The molecule has 2 aromatic heterocycles. The van der Waals surface area contributed by atoms with Crippen LogP contribution in [-0.4, -0.2) is 37.8 Å². The summed E-state index contributed by atoms with van der Waals surface area (Å²) >= 11 is 1.23. The number of carbonyl (C=O) groups is 1. The van der Waals surface area contributed by atoms with Crippen molar-refractivity contribution in [3.05, 3.63) is 47.8 Å². The van der Waals surface area contributed by atoms with Crippen molar-refractivity contribution in [2.24, 2.45) is 0 Å². The molecule has 0 aliphatic rings. The minimum Gasteiger partial charge on any atom is -0.298 e. The number of amides is 1. The largest absolute Gasteiger partial charge is 0.298 e. The van der Waals surface area contributed by atoms with E-state index < -0.39 is 0 Å². The minimum atomic E-state index is -0.169. The molecule has 7 nitrogen and oxygen atoms in total. The standard InChI is InChI=1S/C17H16N6OS/c1-12-10-13(2)23-16(19-12)20-17(21-23)25-11-15(24)22(9-8-18)14-6-4-3-5-7-14/h3-7,10H,9,11H2,1-2H3. The molecule has 25 heavy (non-hydrogen) atoms. The Morgan fingerprint density at radius 2 is 2.04 bits per heavy atom. The Bertz CT molecular complexity index is 947. The molecule has 1 amide bonds. The van der Waals surface area contributed by atoms with Gasteiger partial charge in [0, 0.05) is 17.1 Å². The van der Waals surface area contributed by atoms with Crippen LogP contribution in [0.3, 0.4) is 0 Å². The van der Waals surface area contributed by atoms with E-state index in [1.165, 1.54) is 16.7 Å². The first-order valence-corrected chi connectivity index (χ1v) is 8.63. The summed E-state index contributed by atoms with van der Waals surface area (Å²) in [5.74, 6) is 0.493. The number of aromatic nitrogens is 4. The van der Waals surface area contributed by atoms with E-state index in [-0.39, 0.29) is 18.2 Å². The van der Waals surface area contributed by atoms with E-state index >= 15 is 0 Å². The van der Waals surface area contributed by atoms with Gasteiger partial charge in [0.25, 0.3) is 5.78 Å². The van der Waals surface area contributed by atoms with E-state index in [1.54, 1.807) is 16.6 Å². The zero-order valence-corrected chi connectivity index (χ0v) is 14.7. The van der Waals surface area contributed by atoms with E-state index in [0.29, 0.717) is 16.6 Å². The minimum absolute atomic E-state index is 0.00184. The predicted octanol–water partition coefficient (Wildman–Crippen LogP) is 2.39. The molecule has 2 heterocycles. The number of hydrogen-bond donors (Lipinski definition) is 0. The molecule has 0 aliphatic carbocycles. The number of hydrogen-bond acceptors (Lipinski definition) is 6. The molecule has 0 N–H and O–H groups in total. The highest BCUT2D eigenvalue weighted by atomic mass is 32.2. The second-order valence-electron chi connectivity index (χ2n) is 5.41. The van der Waals surface area contributed by atoms with Gasteiger partial charge in [0.1, 0.15) is 6.54 Å². The third kappa shape index (κ3) is 3.78. The first-order chi connectivity index (χ1) is 12.1. The first-order valence-electron chi connectivity index (χ1n) is 7.64. The molecule has 0 saturated heterocycles. The lowest BCUT2D eigenvalue weighted by Gasteiger charge is -2.19. The van der Waals surface area contributed by atoms with Crippen molar-refractivity contribution in [3.8, 4) is 6.07 Å². The number of fused-ring (bicyclic) bond motifs is 1. The van der Waals surface area contributed by atoms with Crippen LogP contribution < -0.4 is 4.90 Å². The fourth-order valence-electron chi connectivity index (χ4n) is 2.42. The van der Waals surface area contributed by atoms with Gasteiger partial charge >= 0.3 is 0 Å². The average Bonchev–Trinajstić information content (AvgIpc) is 3.01. The second-order valence-corrected chi connectivity index (χ2v) is 6.35. The third-order valence-electron chi connectivity index (χ3n) is 3.52. The quantitative estimate of drug-likeness (QED) is 0.517. The van der Waals surface area contributed by atoms with Crippen LogP contribution in [0.5, 0.6) is 0 Å². The summed E-state index contributed by atoms with van der Waals surface area (Å²) in [6.45, 7) is 3.83. The first kappa shape index (κ1) is 16.9. The molecule has 0 aliphatic heterocycles. The van der Waals surface area contributed by atoms with Gasteiger partial charge in [-0.1, -0.05) is 30.0 Å². The van der Waals surface area contributed by atoms with Crippen molar-refractivity contribution in [1.82, 2.24) is 19.6 Å². The van der Waals surface area contributed by atoms with Crippen molar-refractivity contribution >= 4 is 29.1 Å². The number of aryl methyl sites for hydroxylation is 2. The molecule has 0 spiro atoms. The topological polar surface area (TPSA) is 87.2 Å². The van der Waals surface area contributed by atoms with Crippen LogP contribution in [0.1, 0.15) is 11.4 Å². The van der Waals surface area contributed by atoms with Gasteiger partial charge in [-0.05, 0) is 32.0 Å². The number of anilines is 1. The smallest absolute Gasteiger partial charge is 0.253 e. The maximum Gasteiger partial charge on any atom is 0.253 e. The van der Waals surface area contributed by atoms with E-state index in [1.807, 2.05) is 44.2 Å². The molecule has 0 bridgehead atoms. The molecule has 3 aromatic rings. The van der Waals surface area contributed by atoms with Gasteiger partial charge in [-0.3, -0.25) is 9.69 Å². The summed E-state index contributed by atoms with van der Waals surface area (Å²) in [6, 6.07) is 13.1. The van der Waals surface area contributed by atoms with Crippen molar-refractivity contribution in [1.29, 1.82) is 5.26 Å². The van der Waals surface area contributed by atoms with Gasteiger partial charge in [-0.25, -0.2) is 9.50 Å². The van der Waals surface area contributed by atoms with E-state index in [9.17, 15) is 4.79 Å². The van der Waals surface area contributed by atoms with Gasteiger partial charge in [0.05, 0.1) is 11.8 Å². The molecule has 3 rings (SSSR count). The Morgan fingerprint density at radius 3 is 2.76 bits per heavy atom. The van der Waals surface area contributed by atoms with Crippen LogP contribution in [-0.2, 0) is 4.79 Å². The summed E-state index contributed by atoms with van der Waals surface area (Å²) in [5, 5.41) is 13.9. The molecule has 0 radical (unpaired) electrons. The fraction of sp³-hybridized carbons (Fsp3) is 0.235. The zero-order valence-electron chi connectivity index (χ0n) is 13.9. The van der Waals surface area contributed by atoms with Crippen molar-refractivity contribution in [3.63, 3.8) is 0 Å². The maximum absolute atomic E-state index is 12.5. The van der Waals surface area contributed by atoms with Crippen LogP contribution in [0.25, 0.3) is 5.78 Å². The van der Waals surface area contributed by atoms with Crippen LogP contribution >= 0.6 is 11.8 Å². The van der Waals surface area contributed by atoms with E-state index in [4.69, 9.17) is 5.26 Å². The number of nitrogens with zero attached hydrogens (tertiary/aromatic N) is 6. The van der Waals surface area contributed by atoms with Crippen LogP contribution in [0.15, 0.2) is 41.6 Å². The number of nitriles is 1. The summed E-state index contributed by atoms with van der Waals surface area (Å²) < 4.78 is 1.66. The average molecular weight is 352 g/mol. The summed E-state index contributed by atoms with van der Waals surface area (Å²) in [5.41, 5.74) is 2.50. The molecule has 126 valence electrons. The Morgan fingerprint density at radius 1 is 1.28 bits per heavy atom. The molecule has 0 saturated carbocycles. The van der Waals surface area contributed by atoms with Gasteiger partial charge < -0.3 is 0 Å². The second kappa shape index (κ2) is 7.32. The molecule has 8 heteroatoms. The van der Waals surface area contributed by atoms with Crippen molar-refractivity contribution in [2.45, 2.75) is 19.0 Å². The molecular weight excluding hydrogens is 336 g/mol. The van der Waals surface area contributed by atoms with E-state index in [2.05, 4.69) is 15.1 Å². The van der Waals surface area contributed by atoms with Crippen LogP contribution in [0.4, 0.5) is 5.69 Å². The Hall–Kier alpha value is -2.92. The normalized spacial score (nSPS) is 10.6. The number of carbonyl (C=O) groups excluding carboxylic acids is 1. The van der Waals surface area contributed by atoms with E-state index in [0.717, 1.165) is 11.4 Å². The number of benzene rings is 1. The summed E-state index contributed by atoms with van der Waals surface area (Å²) in [7, 11) is 0. The monoisotopic (exact) mass is 352 g/mol. The van der Waals surface area contributed by atoms with Crippen molar-refractivity contribution in [2.75, 3.05) is 17.2 Å². The number of thioether (sulfide) groups is 1. The molecule has 0 atom stereocenters. The number of rotatable bonds is 5. The highest BCUT2D eigenvalue weighted by molar-refractivity contribution is 7.99. The van der Waals surface area contributed by atoms with Crippen LogP contribution in [0.2, 0.25) is 0 Å². The molecule has 1 aromatic carbocycles. The highest BCUT2D eigenvalue weighted by Gasteiger charge is 2.17. The third-order valence-corrected chi connectivity index (χ3v) is 4.34. The van der Waals surface area contributed by atoms with Crippen molar-refractivity contribution < 1.29 is 4.79 Å². The van der Waals surface area contributed by atoms with Gasteiger partial charge in [0.2, 0.25) is 11.1 Å². The lowest BCUT2D eigenvalue weighted by atomic mass is 10.3. The Kier molecular flexibility index (Phi) is 4.95.